The quantitative estimate of drug-likeness (QED) is 0.744. The molecule has 0 spiro atoms. The number of aryl methyl sites for hydroxylation is 1. The van der Waals surface area contributed by atoms with Crippen LogP contribution in [0.4, 0.5) is 0 Å². The van der Waals surface area contributed by atoms with E-state index >= 15 is 0 Å². The van der Waals surface area contributed by atoms with E-state index in [-0.39, 0.29) is 11.6 Å². The normalized spacial score (nSPS) is 13.9. The number of hydrogen-bond donors (Lipinski definition) is 1. The van der Waals surface area contributed by atoms with Crippen molar-refractivity contribution in [2.75, 3.05) is 13.1 Å². The van der Waals surface area contributed by atoms with Gasteiger partial charge in [-0.15, -0.1) is 11.3 Å². The minimum atomic E-state index is 0.139. The van der Waals surface area contributed by atoms with Gasteiger partial charge >= 0.3 is 0 Å². The summed E-state index contributed by atoms with van der Waals surface area (Å²) in [5, 5.41) is 0. The van der Waals surface area contributed by atoms with Crippen molar-refractivity contribution in [2.24, 2.45) is 5.73 Å². The van der Waals surface area contributed by atoms with Crippen molar-refractivity contribution in [2.45, 2.75) is 71.9 Å². The van der Waals surface area contributed by atoms with Gasteiger partial charge in [0.05, 0.1) is 0 Å². The van der Waals surface area contributed by atoms with Crippen LogP contribution >= 0.6 is 11.3 Å². The van der Waals surface area contributed by atoms with Crippen LogP contribution < -0.4 is 5.73 Å². The van der Waals surface area contributed by atoms with Crippen LogP contribution in [-0.2, 0) is 12.8 Å². The van der Waals surface area contributed by atoms with Gasteiger partial charge in [0, 0.05) is 21.3 Å². The summed E-state index contributed by atoms with van der Waals surface area (Å²) in [6.07, 6.45) is 4.38. The highest BCUT2D eigenvalue weighted by atomic mass is 32.1. The monoisotopic (exact) mass is 296 g/mol. The van der Waals surface area contributed by atoms with Crippen LogP contribution in [0.3, 0.4) is 0 Å². The standard InChI is InChI=1S/C17H32N2S/c1-6-14-11-12-15(20-14)13-16(18)17(7-2,8-3)19(9-4)10-5/h11-12,16H,6-10,13,18H2,1-5H3. The Morgan fingerprint density at radius 3 is 2.00 bits per heavy atom. The van der Waals surface area contributed by atoms with Crippen molar-refractivity contribution in [3.8, 4) is 0 Å². The third-order valence-corrected chi connectivity index (χ3v) is 6.05. The fourth-order valence-corrected chi connectivity index (χ4v) is 4.45. The van der Waals surface area contributed by atoms with Crippen molar-refractivity contribution in [3.63, 3.8) is 0 Å². The first-order chi connectivity index (χ1) is 9.57. The van der Waals surface area contributed by atoms with E-state index in [0.717, 1.165) is 38.8 Å². The van der Waals surface area contributed by atoms with E-state index in [2.05, 4.69) is 51.7 Å². The molecule has 0 fully saturated rings. The van der Waals surface area contributed by atoms with E-state index in [1.165, 1.54) is 9.75 Å². The summed E-state index contributed by atoms with van der Waals surface area (Å²) in [6, 6.07) is 4.73. The number of rotatable bonds is 9. The Bertz CT molecular complexity index is 378. The van der Waals surface area contributed by atoms with Crippen molar-refractivity contribution in [3.05, 3.63) is 21.9 Å². The van der Waals surface area contributed by atoms with E-state index in [0.29, 0.717) is 0 Å². The lowest BCUT2D eigenvalue weighted by Gasteiger charge is -2.46. The van der Waals surface area contributed by atoms with Crippen LogP contribution in [-0.4, -0.2) is 29.6 Å². The summed E-state index contributed by atoms with van der Waals surface area (Å²) >= 11 is 1.93. The first-order valence-corrected chi connectivity index (χ1v) is 8.97. The number of nitrogens with two attached hydrogens (primary N) is 1. The van der Waals surface area contributed by atoms with E-state index in [9.17, 15) is 0 Å². The highest BCUT2D eigenvalue weighted by Gasteiger charge is 2.37. The molecule has 2 N–H and O–H groups in total. The van der Waals surface area contributed by atoms with Crippen LogP contribution in [0, 0.1) is 0 Å². The SMILES string of the molecule is CCc1ccc(CC(N)C(CC)(CC)N(CC)CC)s1. The van der Waals surface area contributed by atoms with Gasteiger partial charge in [0.15, 0.2) is 0 Å². The Morgan fingerprint density at radius 1 is 1.05 bits per heavy atom. The number of likely N-dealkylation sites (N-methyl/N-ethyl adjacent to an activating group) is 1. The molecule has 0 bridgehead atoms. The second-order valence-corrected chi connectivity index (χ2v) is 6.77. The Hall–Kier alpha value is -0.380. The lowest BCUT2D eigenvalue weighted by molar-refractivity contribution is 0.0631. The molecule has 0 amide bonds. The molecule has 0 radical (unpaired) electrons. The van der Waals surface area contributed by atoms with Gasteiger partial charge in [-0.25, -0.2) is 0 Å². The van der Waals surface area contributed by atoms with Crippen LogP contribution in [0.5, 0.6) is 0 Å². The molecule has 3 heteroatoms. The molecule has 1 aromatic rings. The van der Waals surface area contributed by atoms with Crippen LogP contribution in [0.1, 0.15) is 57.2 Å². The van der Waals surface area contributed by atoms with Gasteiger partial charge in [0.2, 0.25) is 0 Å². The van der Waals surface area contributed by atoms with Gasteiger partial charge in [-0.3, -0.25) is 4.90 Å². The summed E-state index contributed by atoms with van der Waals surface area (Å²) in [5.41, 5.74) is 6.81. The third kappa shape index (κ3) is 3.63. The predicted octanol–water partition coefficient (Wildman–Crippen LogP) is 4.08. The van der Waals surface area contributed by atoms with Crippen molar-refractivity contribution in [1.29, 1.82) is 0 Å². The molecule has 0 aliphatic rings. The molecule has 0 aliphatic heterocycles. The third-order valence-electron chi connectivity index (χ3n) is 4.79. The molecule has 2 nitrogen and oxygen atoms in total. The topological polar surface area (TPSA) is 29.3 Å². The molecule has 0 saturated carbocycles. The van der Waals surface area contributed by atoms with E-state index in [1.54, 1.807) is 0 Å². The van der Waals surface area contributed by atoms with Gasteiger partial charge < -0.3 is 5.73 Å². The van der Waals surface area contributed by atoms with Crippen molar-refractivity contribution < 1.29 is 0 Å². The van der Waals surface area contributed by atoms with E-state index < -0.39 is 0 Å². The van der Waals surface area contributed by atoms with E-state index in [1.807, 2.05) is 11.3 Å². The molecule has 1 atom stereocenters. The predicted molar refractivity (Wildman–Crippen MR) is 91.6 cm³/mol. The van der Waals surface area contributed by atoms with Gasteiger partial charge in [-0.2, -0.15) is 0 Å². The first kappa shape index (κ1) is 17.7. The van der Waals surface area contributed by atoms with Gasteiger partial charge in [-0.05, 0) is 50.9 Å². The summed E-state index contributed by atoms with van der Waals surface area (Å²) in [4.78, 5) is 5.47. The average Bonchev–Trinajstić information content (AvgIpc) is 2.92. The van der Waals surface area contributed by atoms with Crippen LogP contribution in [0.2, 0.25) is 0 Å². The van der Waals surface area contributed by atoms with Gasteiger partial charge in [0.1, 0.15) is 0 Å². The van der Waals surface area contributed by atoms with Crippen molar-refractivity contribution >= 4 is 11.3 Å². The Kier molecular flexibility index (Phi) is 7.21. The minimum absolute atomic E-state index is 0.139. The number of hydrogen-bond acceptors (Lipinski definition) is 3. The second kappa shape index (κ2) is 8.16. The molecule has 1 unspecified atom stereocenters. The Labute approximate surface area is 129 Å². The molecule has 1 aromatic heterocycles. The van der Waals surface area contributed by atoms with Gasteiger partial charge in [-0.1, -0.05) is 34.6 Å². The molecule has 0 aromatic carbocycles. The number of thiophene rings is 1. The first-order valence-electron chi connectivity index (χ1n) is 8.15. The summed E-state index contributed by atoms with van der Waals surface area (Å²) in [7, 11) is 0. The Balaban J connectivity index is 2.90. The maximum atomic E-state index is 6.67. The lowest BCUT2D eigenvalue weighted by Crippen LogP contribution is -2.60. The molecule has 1 rings (SSSR count). The molecular weight excluding hydrogens is 264 g/mol. The maximum absolute atomic E-state index is 6.67. The van der Waals surface area contributed by atoms with Crippen LogP contribution in [0.15, 0.2) is 12.1 Å². The summed E-state index contributed by atoms with van der Waals surface area (Å²) < 4.78 is 0. The average molecular weight is 297 g/mol. The molecule has 20 heavy (non-hydrogen) atoms. The zero-order valence-corrected chi connectivity index (χ0v) is 14.7. The molecule has 116 valence electrons. The summed E-state index contributed by atoms with van der Waals surface area (Å²) in [5.74, 6) is 0. The zero-order valence-electron chi connectivity index (χ0n) is 13.9. The molecule has 0 saturated heterocycles. The molecule has 0 aliphatic carbocycles. The second-order valence-electron chi connectivity index (χ2n) is 5.52. The fraction of sp³-hybridized carbons (Fsp3) is 0.765. The van der Waals surface area contributed by atoms with E-state index in [4.69, 9.17) is 5.73 Å². The van der Waals surface area contributed by atoms with Gasteiger partial charge in [0.25, 0.3) is 0 Å². The minimum Gasteiger partial charge on any atom is -0.326 e. The fourth-order valence-electron chi connectivity index (χ4n) is 3.44. The number of nitrogens with zero attached hydrogens (tertiary/aromatic N) is 1. The molecular formula is C17H32N2S. The van der Waals surface area contributed by atoms with Crippen molar-refractivity contribution in [1.82, 2.24) is 4.90 Å². The smallest absolute Gasteiger partial charge is 0.0358 e. The van der Waals surface area contributed by atoms with Crippen LogP contribution in [0.25, 0.3) is 0 Å². The molecule has 1 heterocycles. The summed E-state index contributed by atoms with van der Waals surface area (Å²) in [6.45, 7) is 13.4. The maximum Gasteiger partial charge on any atom is 0.0358 e. The largest absolute Gasteiger partial charge is 0.326 e. The Morgan fingerprint density at radius 2 is 1.60 bits per heavy atom. The zero-order chi connectivity index (χ0) is 15.2. The highest BCUT2D eigenvalue weighted by molar-refractivity contribution is 7.11. The highest BCUT2D eigenvalue weighted by Crippen LogP contribution is 2.30. The lowest BCUT2D eigenvalue weighted by atomic mass is 9.81.